The second-order valence-electron chi connectivity index (χ2n) is 11.3. The summed E-state index contributed by atoms with van der Waals surface area (Å²) >= 11 is 1.37. The van der Waals surface area contributed by atoms with Gasteiger partial charge in [-0.25, -0.2) is 9.59 Å². The van der Waals surface area contributed by atoms with Gasteiger partial charge in [0, 0.05) is 27.8 Å². The topological polar surface area (TPSA) is 168 Å². The monoisotopic (exact) mass is 635 g/mol. The Kier molecular flexibility index (Phi) is 10.7. The first-order valence-electron chi connectivity index (χ1n) is 14.5. The van der Waals surface area contributed by atoms with Gasteiger partial charge in [0.2, 0.25) is 17.7 Å². The summed E-state index contributed by atoms with van der Waals surface area (Å²) in [6.45, 7) is 8.44. The molecule has 4 aromatic rings. The van der Waals surface area contributed by atoms with Crippen molar-refractivity contribution in [1.29, 1.82) is 0 Å². The van der Waals surface area contributed by atoms with Gasteiger partial charge in [-0.2, -0.15) is 11.8 Å². The molecule has 3 amide bonds. The van der Waals surface area contributed by atoms with Gasteiger partial charge in [0.15, 0.2) is 0 Å². The average molecular weight is 636 g/mol. The van der Waals surface area contributed by atoms with Gasteiger partial charge in [0.05, 0.1) is 24.8 Å². The van der Waals surface area contributed by atoms with Gasteiger partial charge in [-0.3, -0.25) is 14.4 Å². The van der Waals surface area contributed by atoms with E-state index in [4.69, 9.17) is 8.83 Å². The Morgan fingerprint density at radius 1 is 0.933 bits per heavy atom. The van der Waals surface area contributed by atoms with Crippen LogP contribution in [0.2, 0.25) is 0 Å². The first kappa shape index (κ1) is 33.3. The molecule has 0 aliphatic heterocycles. The highest BCUT2D eigenvalue weighted by molar-refractivity contribution is 7.98. The number of aryl methyl sites for hydroxylation is 3. The second-order valence-corrected chi connectivity index (χ2v) is 12.3. The summed E-state index contributed by atoms with van der Waals surface area (Å²) in [6.07, 6.45) is 1.32. The van der Waals surface area contributed by atoms with E-state index in [1.165, 1.54) is 11.8 Å². The summed E-state index contributed by atoms with van der Waals surface area (Å²) < 4.78 is 11.2. The maximum Gasteiger partial charge on any atom is 0.340 e. The molecule has 2 aromatic carbocycles. The number of hydrogen-bond acceptors (Lipinski definition) is 8. The van der Waals surface area contributed by atoms with Gasteiger partial charge in [0.1, 0.15) is 23.2 Å². The molecular weight excluding hydrogens is 598 g/mol. The molecule has 0 saturated heterocycles. The summed E-state index contributed by atoms with van der Waals surface area (Å²) in [5.74, 6) is -2.69. The maximum absolute atomic E-state index is 13.0. The first-order valence-corrected chi connectivity index (χ1v) is 15.7. The molecular formula is C33H37N3O8S. The highest BCUT2D eigenvalue weighted by Gasteiger charge is 2.29. The van der Waals surface area contributed by atoms with Crippen LogP contribution in [0.3, 0.4) is 0 Å². The number of rotatable bonds is 13. The van der Waals surface area contributed by atoms with Crippen LogP contribution < -0.4 is 21.6 Å². The number of hydrogen-bond donors (Lipinski definition) is 4. The Morgan fingerprint density at radius 3 is 2.31 bits per heavy atom. The lowest BCUT2D eigenvalue weighted by molar-refractivity contribution is -0.141. The van der Waals surface area contributed by atoms with Crippen molar-refractivity contribution in [3.8, 4) is 0 Å². The van der Waals surface area contributed by atoms with Crippen LogP contribution in [0, 0.1) is 26.7 Å². The molecule has 0 radical (unpaired) electrons. The van der Waals surface area contributed by atoms with E-state index in [-0.39, 0.29) is 23.7 Å². The van der Waals surface area contributed by atoms with Crippen LogP contribution >= 0.6 is 11.8 Å². The minimum absolute atomic E-state index is 0.138. The Labute approximate surface area is 264 Å². The third-order valence-corrected chi connectivity index (χ3v) is 8.70. The summed E-state index contributed by atoms with van der Waals surface area (Å²) in [6, 6.07) is 9.24. The van der Waals surface area contributed by atoms with Gasteiger partial charge in [-0.1, -0.05) is 44.2 Å². The fraction of sp³-hybridized carbons (Fsp3) is 0.364. The van der Waals surface area contributed by atoms with Crippen LogP contribution in [0.4, 0.5) is 0 Å². The molecule has 4 rings (SSSR count). The van der Waals surface area contributed by atoms with Crippen molar-refractivity contribution < 1.29 is 33.1 Å². The predicted octanol–water partition coefficient (Wildman–Crippen LogP) is 3.77. The van der Waals surface area contributed by atoms with Crippen molar-refractivity contribution in [3.05, 3.63) is 80.9 Å². The lowest BCUT2D eigenvalue weighted by Crippen LogP contribution is -2.55. The largest absolute Gasteiger partial charge is 0.480 e. The lowest BCUT2D eigenvalue weighted by Gasteiger charge is -2.24. The van der Waals surface area contributed by atoms with Crippen LogP contribution in [-0.2, 0) is 31.4 Å². The molecule has 0 unspecified atom stereocenters. The number of thioether (sulfide) groups is 1. The van der Waals surface area contributed by atoms with Crippen LogP contribution in [-0.4, -0.2) is 53.2 Å². The molecule has 4 N–H and O–H groups in total. The average Bonchev–Trinajstić information content (AvgIpc) is 3.37. The van der Waals surface area contributed by atoms with Crippen LogP contribution in [0.15, 0.2) is 56.3 Å². The Hall–Kier alpha value is -4.58. The third-order valence-electron chi connectivity index (χ3n) is 7.60. The predicted molar refractivity (Wildman–Crippen MR) is 172 cm³/mol. The zero-order chi connectivity index (χ0) is 32.8. The number of aliphatic carboxylic acids is 1. The molecule has 0 spiro atoms. The van der Waals surface area contributed by atoms with Gasteiger partial charge < -0.3 is 29.9 Å². The molecule has 2 atom stereocenters. The fourth-order valence-corrected chi connectivity index (χ4v) is 6.00. The number of furan rings is 1. The summed E-state index contributed by atoms with van der Waals surface area (Å²) in [5.41, 5.74) is 3.78. The molecule has 0 aliphatic rings. The third kappa shape index (κ3) is 7.93. The van der Waals surface area contributed by atoms with E-state index < -0.39 is 47.9 Å². The van der Waals surface area contributed by atoms with Crippen molar-refractivity contribution >= 4 is 57.4 Å². The van der Waals surface area contributed by atoms with Gasteiger partial charge in [-0.15, -0.1) is 0 Å². The molecule has 11 nitrogen and oxygen atoms in total. The van der Waals surface area contributed by atoms with Crippen LogP contribution in [0.5, 0.6) is 0 Å². The van der Waals surface area contributed by atoms with Crippen molar-refractivity contribution in [1.82, 2.24) is 16.0 Å². The molecule has 45 heavy (non-hydrogen) atoms. The van der Waals surface area contributed by atoms with Crippen molar-refractivity contribution in [2.75, 3.05) is 12.3 Å². The van der Waals surface area contributed by atoms with E-state index >= 15 is 0 Å². The Morgan fingerprint density at radius 2 is 1.64 bits per heavy atom. The van der Waals surface area contributed by atoms with Crippen molar-refractivity contribution in [3.63, 3.8) is 0 Å². The molecule has 2 aromatic heterocycles. The number of nitrogens with one attached hydrogen (secondary N) is 3. The quantitative estimate of drug-likeness (QED) is 0.160. The minimum atomic E-state index is -1.18. The maximum atomic E-state index is 13.0. The number of carboxylic acid groups (broad SMARTS) is 1. The summed E-state index contributed by atoms with van der Waals surface area (Å²) in [7, 11) is 0. The highest BCUT2D eigenvalue weighted by atomic mass is 32.2. The summed E-state index contributed by atoms with van der Waals surface area (Å²) in [4.78, 5) is 63.2. The van der Waals surface area contributed by atoms with Gasteiger partial charge in [0.25, 0.3) is 0 Å². The van der Waals surface area contributed by atoms with Crippen molar-refractivity contribution in [2.45, 2.75) is 58.9 Å². The van der Waals surface area contributed by atoms with Gasteiger partial charge in [-0.05, 0) is 49.4 Å². The lowest BCUT2D eigenvalue weighted by atomic mass is 9.99. The van der Waals surface area contributed by atoms with Crippen LogP contribution in [0.1, 0.15) is 41.7 Å². The smallest absolute Gasteiger partial charge is 0.340 e. The molecule has 238 valence electrons. The van der Waals surface area contributed by atoms with E-state index in [0.29, 0.717) is 33.4 Å². The molecule has 0 bridgehead atoms. The summed E-state index contributed by atoms with van der Waals surface area (Å²) in [5, 5.41) is 18.8. The highest BCUT2D eigenvalue weighted by Crippen LogP contribution is 2.32. The van der Waals surface area contributed by atoms with Crippen molar-refractivity contribution in [2.24, 2.45) is 5.92 Å². The van der Waals surface area contributed by atoms with E-state index in [1.807, 2.05) is 43.3 Å². The zero-order valence-electron chi connectivity index (χ0n) is 25.8. The van der Waals surface area contributed by atoms with Gasteiger partial charge >= 0.3 is 11.6 Å². The van der Waals surface area contributed by atoms with E-state index in [0.717, 1.165) is 16.5 Å². The molecule has 2 heterocycles. The number of fused-ring (bicyclic) bond motifs is 2. The van der Waals surface area contributed by atoms with E-state index in [2.05, 4.69) is 16.0 Å². The second kappa shape index (κ2) is 14.5. The minimum Gasteiger partial charge on any atom is -0.480 e. The molecule has 12 heteroatoms. The fourth-order valence-electron chi connectivity index (χ4n) is 4.99. The number of carbonyl (C=O) groups excluding carboxylic acids is 3. The first-order chi connectivity index (χ1) is 21.4. The number of carbonyl (C=O) groups is 4. The SMILES string of the molecule is Cc1coc2c(C)c3oc(=O)c(CC(=O)NCC(=O)N[C@@H](C(=O)N[C@H](CSCc4ccccc4)C(=O)O)C(C)C)c(C)c3cc12. The zero-order valence-corrected chi connectivity index (χ0v) is 26.6. The molecule has 0 saturated carbocycles. The van der Waals surface area contributed by atoms with E-state index in [9.17, 15) is 29.1 Å². The van der Waals surface area contributed by atoms with E-state index in [1.54, 1.807) is 34.0 Å². The number of amides is 3. The number of benzene rings is 2. The Balaban J connectivity index is 1.35. The number of carboxylic acids is 1. The normalized spacial score (nSPS) is 12.7. The standard InChI is InChI=1S/C33H37N3O8S/c1-17(2)28(31(39)35-25(32(40)41)16-45-15-21-9-7-6-8-10-21)36-27(38)13-34-26(37)12-24-19(4)23-11-22-18(3)14-43-29(22)20(5)30(23)44-33(24)42/h6-11,14,17,25,28H,12-13,15-16H2,1-5H3,(H,34,37)(H,35,39)(H,36,38)(H,40,41)/t25-,28-/m1/s1. The molecule has 0 aliphatic carbocycles. The van der Waals surface area contributed by atoms with Crippen LogP contribution in [0.25, 0.3) is 21.9 Å². The Bertz CT molecular complexity index is 1790. The molecule has 0 fully saturated rings.